The highest BCUT2D eigenvalue weighted by molar-refractivity contribution is 9.09. The van der Waals surface area contributed by atoms with E-state index in [4.69, 9.17) is 4.74 Å². The van der Waals surface area contributed by atoms with Crippen molar-refractivity contribution in [1.82, 2.24) is 4.90 Å². The van der Waals surface area contributed by atoms with E-state index in [-0.39, 0.29) is 17.6 Å². The van der Waals surface area contributed by atoms with E-state index in [1.54, 1.807) is 0 Å². The van der Waals surface area contributed by atoms with Crippen molar-refractivity contribution in [2.24, 2.45) is 5.92 Å². The molecule has 1 heterocycles. The predicted octanol–water partition coefficient (Wildman–Crippen LogP) is 3.60. The van der Waals surface area contributed by atoms with Crippen molar-refractivity contribution in [3.05, 3.63) is 0 Å². The van der Waals surface area contributed by atoms with Gasteiger partial charge in [0.05, 0.1) is 11.7 Å². The average Bonchev–Trinajstić information content (AvgIpc) is 2.35. The zero-order valence-electron chi connectivity index (χ0n) is 12.7. The molecule has 19 heavy (non-hydrogen) atoms. The van der Waals surface area contributed by atoms with Crippen LogP contribution in [0.1, 0.15) is 53.4 Å². The Labute approximate surface area is 126 Å². The van der Waals surface area contributed by atoms with E-state index < -0.39 is 0 Å². The largest absolute Gasteiger partial charge is 0.368 e. The summed E-state index contributed by atoms with van der Waals surface area (Å²) in [6.07, 6.45) is 4.27. The van der Waals surface area contributed by atoms with Crippen molar-refractivity contribution >= 4 is 21.8 Å². The second-order valence-electron chi connectivity index (χ2n) is 6.15. The minimum Gasteiger partial charge on any atom is -0.368 e. The Bertz CT molecular complexity index is 288. The molecule has 1 amide bonds. The molecule has 1 atom stereocenters. The maximum Gasteiger partial charge on any atom is 0.225 e. The van der Waals surface area contributed by atoms with E-state index in [0.717, 1.165) is 37.6 Å². The molecule has 1 unspecified atom stereocenters. The number of hydrogen-bond donors (Lipinski definition) is 0. The molecule has 0 aromatic heterocycles. The number of hydrogen-bond acceptors (Lipinski definition) is 2. The molecular formula is C15H28BrNO2. The van der Waals surface area contributed by atoms with Crippen LogP contribution in [0.3, 0.4) is 0 Å². The van der Waals surface area contributed by atoms with Gasteiger partial charge < -0.3 is 9.64 Å². The van der Waals surface area contributed by atoms with E-state index in [1.807, 2.05) is 4.90 Å². The summed E-state index contributed by atoms with van der Waals surface area (Å²) in [5.41, 5.74) is -0.241. The Hall–Kier alpha value is -0.0900. The third-order valence-corrected chi connectivity index (χ3v) is 4.31. The Morgan fingerprint density at radius 3 is 2.42 bits per heavy atom. The summed E-state index contributed by atoms with van der Waals surface area (Å²) in [5, 5.41) is 0.784. The summed E-state index contributed by atoms with van der Waals surface area (Å²) >= 11 is 3.47. The van der Waals surface area contributed by atoms with Gasteiger partial charge in [-0.1, -0.05) is 42.6 Å². The molecule has 1 fully saturated rings. The highest BCUT2D eigenvalue weighted by Crippen LogP contribution is 2.25. The topological polar surface area (TPSA) is 29.5 Å². The summed E-state index contributed by atoms with van der Waals surface area (Å²) in [4.78, 5) is 14.7. The summed E-state index contributed by atoms with van der Waals surface area (Å²) < 4.78 is 5.96. The first-order valence-corrected chi connectivity index (χ1v) is 8.58. The fourth-order valence-electron chi connectivity index (χ4n) is 2.89. The van der Waals surface area contributed by atoms with Crippen LogP contribution >= 0.6 is 15.9 Å². The van der Waals surface area contributed by atoms with Crippen molar-refractivity contribution in [1.29, 1.82) is 0 Å². The fourth-order valence-corrected chi connectivity index (χ4v) is 3.23. The smallest absolute Gasteiger partial charge is 0.225 e. The molecule has 112 valence electrons. The van der Waals surface area contributed by atoms with Crippen LogP contribution in [0.5, 0.6) is 0 Å². The normalized spacial score (nSPS) is 22.8. The van der Waals surface area contributed by atoms with Gasteiger partial charge in [-0.05, 0) is 26.7 Å². The monoisotopic (exact) mass is 333 g/mol. The number of ether oxygens (including phenoxy) is 1. The minimum absolute atomic E-state index is 0.108. The maximum absolute atomic E-state index is 12.7. The van der Waals surface area contributed by atoms with Crippen molar-refractivity contribution in [2.75, 3.05) is 18.4 Å². The van der Waals surface area contributed by atoms with Crippen molar-refractivity contribution in [2.45, 2.75) is 65.1 Å². The van der Waals surface area contributed by atoms with Gasteiger partial charge in [0.25, 0.3) is 0 Å². The second-order valence-corrected chi connectivity index (χ2v) is 6.79. The zero-order chi connectivity index (χ0) is 14.5. The number of nitrogens with zero attached hydrogens (tertiary/aromatic N) is 1. The van der Waals surface area contributed by atoms with Crippen LogP contribution in [0.15, 0.2) is 0 Å². The molecule has 0 aliphatic carbocycles. The number of carbonyl (C=O) groups excluding carboxylic acids is 1. The molecular weight excluding hydrogens is 306 g/mol. The van der Waals surface area contributed by atoms with E-state index in [1.165, 1.54) is 0 Å². The zero-order valence-corrected chi connectivity index (χ0v) is 14.3. The molecule has 3 nitrogen and oxygen atoms in total. The molecule has 4 heteroatoms. The molecule has 1 aliphatic heterocycles. The van der Waals surface area contributed by atoms with Gasteiger partial charge in [0.2, 0.25) is 5.91 Å². The molecule has 0 aromatic rings. The van der Waals surface area contributed by atoms with Gasteiger partial charge in [0, 0.05) is 24.3 Å². The number of morpholine rings is 1. The van der Waals surface area contributed by atoms with Gasteiger partial charge in [0.15, 0.2) is 0 Å². The quantitative estimate of drug-likeness (QED) is 0.695. The van der Waals surface area contributed by atoms with Crippen molar-refractivity contribution in [3.8, 4) is 0 Å². The Morgan fingerprint density at radius 1 is 1.37 bits per heavy atom. The number of amides is 1. The van der Waals surface area contributed by atoms with Crippen LogP contribution in [-0.2, 0) is 9.53 Å². The first kappa shape index (κ1) is 17.0. The van der Waals surface area contributed by atoms with Gasteiger partial charge >= 0.3 is 0 Å². The van der Waals surface area contributed by atoms with Crippen molar-refractivity contribution in [3.63, 3.8) is 0 Å². The van der Waals surface area contributed by atoms with Gasteiger partial charge in [0.1, 0.15) is 0 Å². The number of halogens is 1. The average molecular weight is 334 g/mol. The molecule has 0 spiro atoms. The molecule has 0 radical (unpaired) electrons. The van der Waals surface area contributed by atoms with Gasteiger partial charge in [-0.15, -0.1) is 0 Å². The van der Waals surface area contributed by atoms with Crippen LogP contribution in [-0.4, -0.2) is 40.9 Å². The summed E-state index contributed by atoms with van der Waals surface area (Å²) in [6.45, 7) is 9.87. The van der Waals surface area contributed by atoms with E-state index in [2.05, 4.69) is 43.6 Å². The first-order chi connectivity index (χ1) is 8.93. The SMILES string of the molecule is CCCC(CCC)C(=O)N1CC(CBr)OC(C)(C)C1. The molecule has 1 rings (SSSR count). The summed E-state index contributed by atoms with van der Waals surface area (Å²) in [5.74, 6) is 0.519. The second kappa shape index (κ2) is 7.63. The summed E-state index contributed by atoms with van der Waals surface area (Å²) in [7, 11) is 0. The van der Waals surface area contributed by atoms with Crippen LogP contribution in [0.4, 0.5) is 0 Å². The van der Waals surface area contributed by atoms with Gasteiger partial charge in [-0.3, -0.25) is 4.79 Å². The van der Waals surface area contributed by atoms with E-state index in [0.29, 0.717) is 12.5 Å². The number of carbonyl (C=O) groups is 1. The van der Waals surface area contributed by atoms with Crippen LogP contribution in [0, 0.1) is 5.92 Å². The lowest BCUT2D eigenvalue weighted by Gasteiger charge is -2.43. The third-order valence-electron chi connectivity index (χ3n) is 3.59. The van der Waals surface area contributed by atoms with Gasteiger partial charge in [-0.25, -0.2) is 0 Å². The Morgan fingerprint density at radius 2 is 1.95 bits per heavy atom. The third kappa shape index (κ3) is 5.07. The standard InChI is InChI=1S/C15H28BrNO2/c1-5-7-12(8-6-2)14(18)17-10-13(9-16)19-15(3,4)11-17/h12-13H,5-11H2,1-4H3. The summed E-state index contributed by atoms with van der Waals surface area (Å²) in [6, 6.07) is 0. The van der Waals surface area contributed by atoms with Crippen molar-refractivity contribution < 1.29 is 9.53 Å². The lowest BCUT2D eigenvalue weighted by Crippen LogP contribution is -2.56. The van der Waals surface area contributed by atoms with E-state index >= 15 is 0 Å². The number of alkyl halides is 1. The lowest BCUT2D eigenvalue weighted by molar-refractivity contribution is -0.161. The van der Waals surface area contributed by atoms with Crippen LogP contribution in [0.25, 0.3) is 0 Å². The Kier molecular flexibility index (Phi) is 6.81. The highest BCUT2D eigenvalue weighted by Gasteiger charge is 2.36. The molecule has 0 saturated carbocycles. The number of rotatable bonds is 6. The first-order valence-electron chi connectivity index (χ1n) is 7.46. The molecule has 0 N–H and O–H groups in total. The van der Waals surface area contributed by atoms with Gasteiger partial charge in [-0.2, -0.15) is 0 Å². The highest BCUT2D eigenvalue weighted by atomic mass is 79.9. The molecule has 1 aliphatic rings. The molecule has 1 saturated heterocycles. The van der Waals surface area contributed by atoms with E-state index in [9.17, 15) is 4.79 Å². The molecule has 0 aromatic carbocycles. The maximum atomic E-state index is 12.7. The van der Waals surface area contributed by atoms with Crippen LogP contribution < -0.4 is 0 Å². The lowest BCUT2D eigenvalue weighted by atomic mass is 9.95. The van der Waals surface area contributed by atoms with Crippen LogP contribution in [0.2, 0.25) is 0 Å². The fraction of sp³-hybridized carbons (Fsp3) is 0.933. The Balaban J connectivity index is 2.72. The predicted molar refractivity (Wildman–Crippen MR) is 82.6 cm³/mol. The molecule has 0 bridgehead atoms. The minimum atomic E-state index is -0.241.